The number of hydrogen-bond acceptors (Lipinski definition) is 4. The van der Waals surface area contributed by atoms with Gasteiger partial charge < -0.3 is 10.1 Å². The summed E-state index contributed by atoms with van der Waals surface area (Å²) in [5, 5.41) is 13.1. The van der Waals surface area contributed by atoms with Crippen molar-refractivity contribution in [3.05, 3.63) is 34.2 Å². The number of fused-ring (bicyclic) bond motifs is 1. The second kappa shape index (κ2) is 3.92. The quantitative estimate of drug-likeness (QED) is 0.741. The number of thiophene rings is 1. The van der Waals surface area contributed by atoms with Gasteiger partial charge in [0.1, 0.15) is 5.82 Å². The smallest absolute Gasteiger partial charge is 0.338 e. The van der Waals surface area contributed by atoms with E-state index in [1.54, 1.807) is 11.3 Å². The minimum Gasteiger partial charge on any atom is -0.478 e. The summed E-state index contributed by atoms with van der Waals surface area (Å²) in [6.45, 7) is 1.99. The molecule has 3 aromatic heterocycles. The van der Waals surface area contributed by atoms with Gasteiger partial charge in [0.05, 0.1) is 11.1 Å². The van der Waals surface area contributed by atoms with E-state index in [-0.39, 0.29) is 5.56 Å². The molecule has 0 unspecified atom stereocenters. The van der Waals surface area contributed by atoms with Gasteiger partial charge in [0, 0.05) is 17.1 Å². The highest BCUT2D eigenvalue weighted by Gasteiger charge is 2.15. The largest absolute Gasteiger partial charge is 0.478 e. The number of imidazole rings is 1. The Hall–Kier alpha value is -2.21. The maximum absolute atomic E-state index is 11.1. The van der Waals surface area contributed by atoms with Gasteiger partial charge in [-0.05, 0) is 23.9 Å². The van der Waals surface area contributed by atoms with Crippen molar-refractivity contribution in [2.45, 2.75) is 6.92 Å². The summed E-state index contributed by atoms with van der Waals surface area (Å²) in [4.78, 5) is 22.6. The number of hydrogen-bond donors (Lipinski definition) is 2. The molecule has 0 aliphatic rings. The summed E-state index contributed by atoms with van der Waals surface area (Å²) in [7, 11) is 0. The van der Waals surface area contributed by atoms with Crippen molar-refractivity contribution >= 4 is 28.5 Å². The van der Waals surface area contributed by atoms with Gasteiger partial charge in [-0.1, -0.05) is 0 Å². The molecule has 90 valence electrons. The molecule has 0 amide bonds. The van der Waals surface area contributed by atoms with Crippen LogP contribution in [0.25, 0.3) is 22.6 Å². The lowest BCUT2D eigenvalue weighted by atomic mass is 10.2. The van der Waals surface area contributed by atoms with Crippen LogP contribution in [0, 0.1) is 6.92 Å². The molecule has 3 rings (SSSR count). The number of carboxylic acid groups (broad SMARTS) is 1. The minimum atomic E-state index is -0.986. The van der Waals surface area contributed by atoms with E-state index in [0.29, 0.717) is 17.0 Å². The molecular formula is C12H9N3O2S. The predicted octanol–water partition coefficient (Wildman–Crippen LogP) is 2.69. The molecule has 0 saturated carbocycles. The van der Waals surface area contributed by atoms with Crippen molar-refractivity contribution in [1.29, 1.82) is 0 Å². The number of nitrogens with zero attached hydrogens (tertiary/aromatic N) is 2. The van der Waals surface area contributed by atoms with Gasteiger partial charge in [0.15, 0.2) is 5.65 Å². The predicted molar refractivity (Wildman–Crippen MR) is 68.9 cm³/mol. The van der Waals surface area contributed by atoms with Crippen LogP contribution in [0.1, 0.15) is 15.9 Å². The second-order valence-corrected chi connectivity index (χ2v) is 4.66. The van der Waals surface area contributed by atoms with Crippen LogP contribution in [0.3, 0.4) is 0 Å². The molecule has 0 aliphatic heterocycles. The third-order valence-corrected chi connectivity index (χ3v) is 3.59. The van der Waals surface area contributed by atoms with E-state index in [1.807, 2.05) is 17.7 Å². The van der Waals surface area contributed by atoms with Gasteiger partial charge in [0.25, 0.3) is 0 Å². The molecule has 3 heterocycles. The Balaban J connectivity index is 2.26. The lowest BCUT2D eigenvalue weighted by molar-refractivity contribution is 0.0699. The first-order chi connectivity index (χ1) is 8.66. The Kier molecular flexibility index (Phi) is 2.38. The molecule has 0 aromatic carbocycles. The van der Waals surface area contributed by atoms with Crippen LogP contribution in [0.5, 0.6) is 0 Å². The van der Waals surface area contributed by atoms with Crippen LogP contribution >= 0.6 is 11.3 Å². The fraction of sp³-hybridized carbons (Fsp3) is 0.0833. The van der Waals surface area contributed by atoms with Gasteiger partial charge in [-0.2, -0.15) is 11.3 Å². The molecule has 0 atom stereocenters. The highest BCUT2D eigenvalue weighted by Crippen LogP contribution is 2.26. The van der Waals surface area contributed by atoms with Crippen LogP contribution in [-0.4, -0.2) is 26.0 Å². The summed E-state index contributed by atoms with van der Waals surface area (Å²) in [6.07, 6.45) is 1.46. The molecule has 0 saturated heterocycles. The molecule has 6 heteroatoms. The van der Waals surface area contributed by atoms with Crippen molar-refractivity contribution in [3.63, 3.8) is 0 Å². The topological polar surface area (TPSA) is 78.9 Å². The Morgan fingerprint density at radius 1 is 1.44 bits per heavy atom. The first kappa shape index (κ1) is 10.9. The van der Waals surface area contributed by atoms with Gasteiger partial charge in [-0.3, -0.25) is 0 Å². The first-order valence-corrected chi connectivity index (χ1v) is 6.22. The third-order valence-electron chi connectivity index (χ3n) is 2.73. The minimum absolute atomic E-state index is 0.187. The molecule has 0 bridgehead atoms. The van der Waals surface area contributed by atoms with Crippen molar-refractivity contribution in [3.8, 4) is 11.4 Å². The van der Waals surface area contributed by atoms with Crippen LogP contribution in [-0.2, 0) is 0 Å². The van der Waals surface area contributed by atoms with E-state index < -0.39 is 5.97 Å². The number of rotatable bonds is 2. The maximum Gasteiger partial charge on any atom is 0.338 e. The highest BCUT2D eigenvalue weighted by atomic mass is 32.1. The van der Waals surface area contributed by atoms with E-state index in [2.05, 4.69) is 15.0 Å². The van der Waals surface area contributed by atoms with Crippen molar-refractivity contribution in [2.75, 3.05) is 0 Å². The molecule has 0 fully saturated rings. The third kappa shape index (κ3) is 1.58. The molecule has 2 N–H and O–H groups in total. The van der Waals surface area contributed by atoms with Crippen LogP contribution in [0.2, 0.25) is 0 Å². The lowest BCUT2D eigenvalue weighted by Crippen LogP contribution is -1.97. The Morgan fingerprint density at radius 2 is 2.28 bits per heavy atom. The van der Waals surface area contributed by atoms with Gasteiger partial charge in [0.2, 0.25) is 0 Å². The fourth-order valence-corrected chi connectivity index (χ4v) is 2.65. The van der Waals surface area contributed by atoms with Crippen LogP contribution in [0.15, 0.2) is 23.0 Å². The van der Waals surface area contributed by atoms with Crippen LogP contribution in [0.4, 0.5) is 0 Å². The number of H-pyrrole nitrogens is 1. The maximum atomic E-state index is 11.1. The number of aryl methyl sites for hydroxylation is 1. The van der Waals surface area contributed by atoms with E-state index in [4.69, 9.17) is 5.11 Å². The molecule has 18 heavy (non-hydrogen) atoms. The van der Waals surface area contributed by atoms with E-state index in [0.717, 1.165) is 11.1 Å². The van der Waals surface area contributed by atoms with E-state index in [1.165, 1.54) is 12.3 Å². The Bertz CT molecular complexity index is 745. The van der Waals surface area contributed by atoms with Crippen molar-refractivity contribution < 1.29 is 9.90 Å². The number of carboxylic acids is 1. The fourth-order valence-electron chi connectivity index (χ4n) is 1.82. The zero-order chi connectivity index (χ0) is 12.7. The summed E-state index contributed by atoms with van der Waals surface area (Å²) in [5.41, 5.74) is 3.16. The van der Waals surface area contributed by atoms with Gasteiger partial charge >= 0.3 is 5.97 Å². The number of carbonyl (C=O) groups is 1. The zero-order valence-electron chi connectivity index (χ0n) is 9.47. The Morgan fingerprint density at radius 3 is 2.94 bits per heavy atom. The number of nitrogens with one attached hydrogen (secondary N) is 1. The van der Waals surface area contributed by atoms with Crippen LogP contribution < -0.4 is 0 Å². The number of aromatic carboxylic acids is 1. The lowest BCUT2D eigenvalue weighted by Gasteiger charge is -1.94. The van der Waals surface area contributed by atoms with Crippen molar-refractivity contribution in [1.82, 2.24) is 15.0 Å². The second-order valence-electron chi connectivity index (χ2n) is 3.92. The Labute approximate surface area is 106 Å². The normalized spacial score (nSPS) is 10.9. The van der Waals surface area contributed by atoms with Crippen molar-refractivity contribution in [2.24, 2.45) is 0 Å². The zero-order valence-corrected chi connectivity index (χ0v) is 10.3. The summed E-state index contributed by atoms with van der Waals surface area (Å²) >= 11 is 1.58. The number of pyridine rings is 1. The summed E-state index contributed by atoms with van der Waals surface area (Å²) < 4.78 is 0. The van der Waals surface area contributed by atoms with Gasteiger partial charge in [-0.25, -0.2) is 14.8 Å². The molecule has 5 nitrogen and oxygen atoms in total. The van der Waals surface area contributed by atoms with Gasteiger partial charge in [-0.15, -0.1) is 0 Å². The molecule has 3 aromatic rings. The van der Waals surface area contributed by atoms with E-state index in [9.17, 15) is 4.79 Å². The molecular weight excluding hydrogens is 250 g/mol. The average Bonchev–Trinajstić information content (AvgIpc) is 2.92. The average molecular weight is 259 g/mol. The summed E-state index contributed by atoms with van der Waals surface area (Å²) in [5.74, 6) is -0.329. The molecule has 0 aliphatic carbocycles. The molecule has 0 spiro atoms. The summed E-state index contributed by atoms with van der Waals surface area (Å²) in [6, 6.07) is 1.47. The highest BCUT2D eigenvalue weighted by molar-refractivity contribution is 7.08. The SMILES string of the molecule is Cc1cscc1-c1nc2nccc(C(=O)O)c2[nH]1. The number of aromatic nitrogens is 3. The molecule has 0 radical (unpaired) electrons. The number of aromatic amines is 1. The first-order valence-electron chi connectivity index (χ1n) is 5.28. The van der Waals surface area contributed by atoms with E-state index >= 15 is 0 Å². The standard InChI is InChI=1S/C12H9N3O2S/c1-6-4-18-5-8(6)10-14-9-7(12(16)17)2-3-13-11(9)15-10/h2-5H,1H3,(H,16,17)(H,13,14,15). The monoisotopic (exact) mass is 259 g/mol.